The van der Waals surface area contributed by atoms with E-state index < -0.39 is 0 Å². The van der Waals surface area contributed by atoms with Gasteiger partial charge in [0.2, 0.25) is 0 Å². The van der Waals surface area contributed by atoms with Crippen molar-refractivity contribution in [2.45, 2.75) is 39.7 Å². The number of rotatable bonds is 4. The van der Waals surface area contributed by atoms with Gasteiger partial charge in [-0.3, -0.25) is 4.68 Å². The maximum absolute atomic E-state index is 5.92. The van der Waals surface area contributed by atoms with E-state index in [9.17, 15) is 0 Å². The van der Waals surface area contributed by atoms with Crippen molar-refractivity contribution in [3.63, 3.8) is 0 Å². The summed E-state index contributed by atoms with van der Waals surface area (Å²) in [7, 11) is 2.03. The average Bonchev–Trinajstić information content (AvgIpc) is 3.09. The van der Waals surface area contributed by atoms with Gasteiger partial charge in [0, 0.05) is 36.8 Å². The molecule has 1 aliphatic rings. The maximum atomic E-state index is 5.92. The van der Waals surface area contributed by atoms with Crippen molar-refractivity contribution in [2.24, 2.45) is 12.8 Å². The Kier molecular flexibility index (Phi) is 3.72. The van der Waals surface area contributed by atoms with E-state index in [0.29, 0.717) is 6.54 Å². The summed E-state index contributed by atoms with van der Waals surface area (Å²) in [6.45, 7) is 5.62. The lowest BCUT2D eigenvalue weighted by Crippen LogP contribution is -2.01. The van der Waals surface area contributed by atoms with Gasteiger partial charge in [-0.25, -0.2) is 0 Å². The first kappa shape index (κ1) is 14.1. The monoisotopic (exact) mass is 285 g/mol. The fraction of sp³-hybridized carbons (Fsp3) is 0.471. The molecule has 2 heterocycles. The number of ether oxygens (including phenoxy) is 1. The molecule has 2 aromatic rings. The van der Waals surface area contributed by atoms with Crippen molar-refractivity contribution < 1.29 is 4.74 Å². The van der Waals surface area contributed by atoms with E-state index in [1.807, 2.05) is 11.7 Å². The van der Waals surface area contributed by atoms with Crippen LogP contribution in [0.5, 0.6) is 5.75 Å². The Hall–Kier alpha value is -1.81. The highest BCUT2D eigenvalue weighted by molar-refractivity contribution is 5.72. The number of aryl methyl sites for hydroxylation is 2. The molecule has 1 aromatic heterocycles. The molecule has 0 spiro atoms. The number of benzene rings is 1. The van der Waals surface area contributed by atoms with Crippen LogP contribution in [0, 0.1) is 0 Å². The normalized spacial score (nSPS) is 13.3. The Balaban J connectivity index is 2.21. The Morgan fingerprint density at radius 1 is 1.29 bits per heavy atom. The second-order valence-corrected chi connectivity index (χ2v) is 5.53. The molecule has 0 fully saturated rings. The SMILES string of the molecule is CCc1nn(C)c(CC)c1-c1cc(CN)c2c(c1)CCO2. The van der Waals surface area contributed by atoms with Crippen molar-refractivity contribution in [1.82, 2.24) is 9.78 Å². The van der Waals surface area contributed by atoms with Gasteiger partial charge in [0.1, 0.15) is 5.75 Å². The van der Waals surface area contributed by atoms with Gasteiger partial charge in [0.25, 0.3) is 0 Å². The highest BCUT2D eigenvalue weighted by Gasteiger charge is 2.21. The lowest BCUT2D eigenvalue weighted by Gasteiger charge is -2.11. The highest BCUT2D eigenvalue weighted by atomic mass is 16.5. The van der Waals surface area contributed by atoms with Crippen LogP contribution in [-0.2, 0) is 32.9 Å². The molecule has 0 radical (unpaired) electrons. The van der Waals surface area contributed by atoms with E-state index in [0.717, 1.165) is 42.9 Å². The number of nitrogens with two attached hydrogens (primary N) is 1. The van der Waals surface area contributed by atoms with Crippen LogP contribution in [0.1, 0.15) is 36.4 Å². The minimum absolute atomic E-state index is 0.513. The minimum Gasteiger partial charge on any atom is -0.493 e. The fourth-order valence-electron chi connectivity index (χ4n) is 3.29. The van der Waals surface area contributed by atoms with Gasteiger partial charge >= 0.3 is 0 Å². The quantitative estimate of drug-likeness (QED) is 0.939. The maximum Gasteiger partial charge on any atom is 0.127 e. The molecule has 1 aromatic carbocycles. The lowest BCUT2D eigenvalue weighted by atomic mass is 9.95. The zero-order valence-corrected chi connectivity index (χ0v) is 13.1. The molecule has 0 atom stereocenters. The Morgan fingerprint density at radius 2 is 2.10 bits per heavy atom. The second-order valence-electron chi connectivity index (χ2n) is 5.53. The fourth-order valence-corrected chi connectivity index (χ4v) is 3.29. The second kappa shape index (κ2) is 5.53. The first-order valence-electron chi connectivity index (χ1n) is 7.73. The number of fused-ring (bicyclic) bond motifs is 1. The van der Waals surface area contributed by atoms with Gasteiger partial charge in [-0.1, -0.05) is 13.8 Å². The zero-order valence-electron chi connectivity index (χ0n) is 13.1. The van der Waals surface area contributed by atoms with E-state index in [1.54, 1.807) is 0 Å². The van der Waals surface area contributed by atoms with Crippen LogP contribution in [0.4, 0.5) is 0 Å². The van der Waals surface area contributed by atoms with E-state index in [2.05, 4.69) is 31.1 Å². The molecule has 0 amide bonds. The smallest absolute Gasteiger partial charge is 0.127 e. The largest absolute Gasteiger partial charge is 0.493 e. The van der Waals surface area contributed by atoms with Crippen molar-refractivity contribution in [1.29, 1.82) is 0 Å². The van der Waals surface area contributed by atoms with Gasteiger partial charge in [-0.05, 0) is 36.1 Å². The zero-order chi connectivity index (χ0) is 15.0. The Labute approximate surface area is 125 Å². The summed E-state index contributed by atoms with van der Waals surface area (Å²) in [6.07, 6.45) is 2.89. The summed E-state index contributed by atoms with van der Waals surface area (Å²) in [6, 6.07) is 4.44. The van der Waals surface area contributed by atoms with E-state index in [1.165, 1.54) is 22.4 Å². The average molecular weight is 285 g/mol. The van der Waals surface area contributed by atoms with Crippen LogP contribution < -0.4 is 10.5 Å². The molecule has 0 saturated heterocycles. The summed E-state index contributed by atoms with van der Waals surface area (Å²) in [5.74, 6) is 1.00. The molecule has 3 rings (SSSR count). The van der Waals surface area contributed by atoms with E-state index in [4.69, 9.17) is 10.5 Å². The Bertz CT molecular complexity index is 673. The lowest BCUT2D eigenvalue weighted by molar-refractivity contribution is 0.353. The predicted molar refractivity (Wildman–Crippen MR) is 84.5 cm³/mol. The molecule has 0 unspecified atom stereocenters. The topological polar surface area (TPSA) is 53.1 Å². The number of nitrogens with zero attached hydrogens (tertiary/aromatic N) is 2. The van der Waals surface area contributed by atoms with Gasteiger partial charge in [-0.2, -0.15) is 5.10 Å². The first-order valence-corrected chi connectivity index (χ1v) is 7.73. The van der Waals surface area contributed by atoms with Gasteiger partial charge < -0.3 is 10.5 Å². The van der Waals surface area contributed by atoms with Crippen LogP contribution in [0.25, 0.3) is 11.1 Å². The molecule has 112 valence electrons. The van der Waals surface area contributed by atoms with Gasteiger partial charge in [-0.15, -0.1) is 0 Å². The molecule has 0 aliphatic carbocycles. The van der Waals surface area contributed by atoms with Crippen molar-refractivity contribution in [3.05, 3.63) is 34.6 Å². The van der Waals surface area contributed by atoms with Crippen LogP contribution in [0.2, 0.25) is 0 Å². The number of hydrogen-bond donors (Lipinski definition) is 1. The van der Waals surface area contributed by atoms with E-state index in [-0.39, 0.29) is 0 Å². The Morgan fingerprint density at radius 3 is 2.76 bits per heavy atom. The van der Waals surface area contributed by atoms with Crippen LogP contribution >= 0.6 is 0 Å². The predicted octanol–water partition coefficient (Wildman–Crippen LogP) is 2.61. The van der Waals surface area contributed by atoms with Crippen molar-refractivity contribution >= 4 is 0 Å². The molecule has 1 aliphatic heterocycles. The molecular weight excluding hydrogens is 262 g/mol. The first-order chi connectivity index (χ1) is 10.2. The summed E-state index contributed by atoms with van der Waals surface area (Å²) in [5, 5.41) is 4.68. The standard InChI is InChI=1S/C17H23N3O/c1-4-14-16(15(5-2)20(3)19-14)12-8-11-6-7-21-17(11)13(9-12)10-18/h8-9H,4-7,10,18H2,1-3H3. The van der Waals surface area contributed by atoms with E-state index >= 15 is 0 Å². The molecule has 2 N–H and O–H groups in total. The van der Waals surface area contributed by atoms with Crippen molar-refractivity contribution in [2.75, 3.05) is 6.61 Å². The number of aromatic nitrogens is 2. The third-order valence-electron chi connectivity index (χ3n) is 4.28. The van der Waals surface area contributed by atoms with Crippen LogP contribution in [0.15, 0.2) is 12.1 Å². The summed E-state index contributed by atoms with van der Waals surface area (Å²) >= 11 is 0. The molecule has 0 bridgehead atoms. The molecule has 4 heteroatoms. The number of hydrogen-bond acceptors (Lipinski definition) is 3. The third kappa shape index (κ3) is 2.23. The minimum atomic E-state index is 0.513. The molecule has 21 heavy (non-hydrogen) atoms. The summed E-state index contributed by atoms with van der Waals surface area (Å²) < 4.78 is 7.74. The van der Waals surface area contributed by atoms with Crippen molar-refractivity contribution in [3.8, 4) is 16.9 Å². The molecule has 4 nitrogen and oxygen atoms in total. The molecular formula is C17H23N3O. The summed E-state index contributed by atoms with van der Waals surface area (Å²) in [4.78, 5) is 0. The van der Waals surface area contributed by atoms with Gasteiger partial charge in [0.15, 0.2) is 0 Å². The highest BCUT2D eigenvalue weighted by Crippen LogP contribution is 2.37. The van der Waals surface area contributed by atoms with Gasteiger partial charge in [0.05, 0.1) is 12.3 Å². The van der Waals surface area contributed by atoms with Crippen LogP contribution in [-0.4, -0.2) is 16.4 Å². The van der Waals surface area contributed by atoms with Crippen LogP contribution in [0.3, 0.4) is 0 Å². The molecule has 0 saturated carbocycles. The third-order valence-corrected chi connectivity index (χ3v) is 4.28. The summed E-state index contributed by atoms with van der Waals surface area (Å²) in [5.41, 5.74) is 13.3.